The molecule has 7 heteroatoms. The van der Waals surface area contributed by atoms with E-state index in [4.69, 9.17) is 17.0 Å². The molecular formula is C23H27N5OS. The lowest BCUT2D eigenvalue weighted by Crippen LogP contribution is -2.32. The van der Waals surface area contributed by atoms with E-state index < -0.39 is 0 Å². The number of nitrogens with one attached hydrogen (secondary N) is 1. The molecule has 0 aliphatic carbocycles. The first kappa shape index (κ1) is 20.5. The van der Waals surface area contributed by atoms with Crippen LogP contribution in [0.3, 0.4) is 0 Å². The second-order valence-corrected chi connectivity index (χ2v) is 8.01. The largest absolute Gasteiger partial charge is 0.383 e. The van der Waals surface area contributed by atoms with Gasteiger partial charge in [-0.05, 0) is 68.4 Å². The molecule has 1 aliphatic rings. The maximum absolute atomic E-state index is 5.72. The van der Waals surface area contributed by atoms with Crippen LogP contribution in [0.15, 0.2) is 48.8 Å². The summed E-state index contributed by atoms with van der Waals surface area (Å²) < 4.78 is 7.59. The highest BCUT2D eigenvalue weighted by Crippen LogP contribution is 2.41. The number of hydrogen-bond acceptors (Lipinski definition) is 4. The summed E-state index contributed by atoms with van der Waals surface area (Å²) in [6.45, 7) is 7.69. The SMILES string of the molecule is COCCN1C(=S)N[C@@H](c2ccccn2)[C@H]1c1cc(C)n(-c2ncccc2C)c1C. The maximum atomic E-state index is 5.72. The number of methoxy groups -OCH3 is 1. The van der Waals surface area contributed by atoms with Gasteiger partial charge in [0.15, 0.2) is 5.11 Å². The molecule has 1 fully saturated rings. The van der Waals surface area contributed by atoms with Gasteiger partial charge < -0.3 is 19.5 Å². The van der Waals surface area contributed by atoms with Gasteiger partial charge in [-0.3, -0.25) is 4.98 Å². The Balaban J connectivity index is 1.83. The van der Waals surface area contributed by atoms with Gasteiger partial charge in [0.1, 0.15) is 5.82 Å². The van der Waals surface area contributed by atoms with Gasteiger partial charge in [0.05, 0.1) is 24.4 Å². The number of rotatable bonds is 6. The summed E-state index contributed by atoms with van der Waals surface area (Å²) in [4.78, 5) is 11.5. The third-order valence-corrected chi connectivity index (χ3v) is 6.07. The molecule has 0 aromatic carbocycles. The normalized spacial score (nSPS) is 18.7. The van der Waals surface area contributed by atoms with Crippen LogP contribution in [0.25, 0.3) is 5.82 Å². The van der Waals surface area contributed by atoms with Gasteiger partial charge >= 0.3 is 0 Å². The quantitative estimate of drug-likeness (QED) is 0.611. The minimum Gasteiger partial charge on any atom is -0.383 e. The predicted molar refractivity (Wildman–Crippen MR) is 122 cm³/mol. The van der Waals surface area contributed by atoms with Gasteiger partial charge in [-0.15, -0.1) is 0 Å². The lowest BCUT2D eigenvalue weighted by Gasteiger charge is -2.28. The van der Waals surface area contributed by atoms with E-state index in [2.05, 4.69) is 63.7 Å². The van der Waals surface area contributed by atoms with Crippen molar-refractivity contribution in [2.45, 2.75) is 32.9 Å². The zero-order chi connectivity index (χ0) is 21.3. The molecule has 0 unspecified atom stereocenters. The van der Waals surface area contributed by atoms with E-state index in [0.717, 1.165) is 33.6 Å². The zero-order valence-electron chi connectivity index (χ0n) is 17.8. The van der Waals surface area contributed by atoms with Crippen molar-refractivity contribution >= 4 is 17.3 Å². The molecular weight excluding hydrogens is 394 g/mol. The van der Waals surface area contributed by atoms with Crippen LogP contribution in [-0.4, -0.2) is 44.8 Å². The number of ether oxygens (including phenoxy) is 1. The Kier molecular flexibility index (Phi) is 5.83. The van der Waals surface area contributed by atoms with Gasteiger partial charge in [-0.25, -0.2) is 4.98 Å². The Labute approximate surface area is 182 Å². The molecule has 2 atom stereocenters. The average Bonchev–Trinajstić information content (AvgIpc) is 3.23. The predicted octanol–water partition coefficient (Wildman–Crippen LogP) is 3.81. The fourth-order valence-corrected chi connectivity index (χ4v) is 4.63. The third kappa shape index (κ3) is 3.59. The molecule has 1 N–H and O–H groups in total. The molecule has 4 rings (SSSR count). The number of aryl methyl sites for hydroxylation is 2. The van der Waals surface area contributed by atoms with Crippen molar-refractivity contribution in [3.63, 3.8) is 0 Å². The molecule has 6 nitrogen and oxygen atoms in total. The molecule has 0 spiro atoms. The number of nitrogens with zero attached hydrogens (tertiary/aromatic N) is 4. The first-order valence-electron chi connectivity index (χ1n) is 10.1. The van der Waals surface area contributed by atoms with Crippen molar-refractivity contribution in [3.8, 4) is 5.82 Å². The lowest BCUT2D eigenvalue weighted by molar-refractivity contribution is 0.164. The van der Waals surface area contributed by atoms with Crippen LogP contribution < -0.4 is 5.32 Å². The monoisotopic (exact) mass is 421 g/mol. The second kappa shape index (κ2) is 8.53. The minimum atomic E-state index is -0.0330. The molecule has 0 amide bonds. The van der Waals surface area contributed by atoms with E-state index >= 15 is 0 Å². The second-order valence-electron chi connectivity index (χ2n) is 7.62. The van der Waals surface area contributed by atoms with Crippen LogP contribution in [0.5, 0.6) is 0 Å². The van der Waals surface area contributed by atoms with Gasteiger partial charge in [0, 0.05) is 37.4 Å². The summed E-state index contributed by atoms with van der Waals surface area (Å²) >= 11 is 5.72. The molecule has 1 aliphatic heterocycles. The summed E-state index contributed by atoms with van der Waals surface area (Å²) in [7, 11) is 1.72. The molecule has 3 aromatic rings. The number of pyridine rings is 2. The molecule has 156 valence electrons. The van der Waals surface area contributed by atoms with Crippen molar-refractivity contribution in [1.82, 2.24) is 24.8 Å². The Morgan fingerprint density at radius 3 is 2.60 bits per heavy atom. The Hall–Kier alpha value is -2.77. The number of thiocarbonyl (C=S) groups is 1. The topological polar surface area (TPSA) is 55.2 Å². The highest BCUT2D eigenvalue weighted by atomic mass is 32.1. The van der Waals surface area contributed by atoms with Crippen molar-refractivity contribution in [2.75, 3.05) is 20.3 Å². The van der Waals surface area contributed by atoms with E-state index in [1.165, 1.54) is 5.56 Å². The van der Waals surface area contributed by atoms with Gasteiger partial charge in [0.2, 0.25) is 0 Å². The van der Waals surface area contributed by atoms with Crippen molar-refractivity contribution in [3.05, 3.63) is 77.0 Å². The van der Waals surface area contributed by atoms with Crippen LogP contribution in [0.4, 0.5) is 0 Å². The summed E-state index contributed by atoms with van der Waals surface area (Å²) in [5.74, 6) is 0.963. The Morgan fingerprint density at radius 2 is 1.90 bits per heavy atom. The molecule has 3 aromatic heterocycles. The van der Waals surface area contributed by atoms with E-state index in [0.29, 0.717) is 13.2 Å². The Bertz CT molecular complexity index is 1050. The van der Waals surface area contributed by atoms with E-state index in [1.807, 2.05) is 30.6 Å². The minimum absolute atomic E-state index is 0.0199. The van der Waals surface area contributed by atoms with E-state index in [9.17, 15) is 0 Å². The maximum Gasteiger partial charge on any atom is 0.170 e. The van der Waals surface area contributed by atoms with Crippen LogP contribution in [0.1, 0.15) is 40.3 Å². The summed E-state index contributed by atoms with van der Waals surface area (Å²) in [5.41, 5.74) is 5.64. The summed E-state index contributed by atoms with van der Waals surface area (Å²) in [5, 5.41) is 4.23. The molecule has 0 radical (unpaired) electrons. The third-order valence-electron chi connectivity index (χ3n) is 5.72. The number of hydrogen-bond donors (Lipinski definition) is 1. The zero-order valence-corrected chi connectivity index (χ0v) is 18.6. The van der Waals surface area contributed by atoms with Crippen LogP contribution >= 0.6 is 12.2 Å². The molecule has 0 saturated carbocycles. The first-order valence-corrected chi connectivity index (χ1v) is 10.5. The van der Waals surface area contributed by atoms with Crippen molar-refractivity contribution < 1.29 is 4.74 Å². The highest BCUT2D eigenvalue weighted by Gasteiger charge is 2.41. The smallest absolute Gasteiger partial charge is 0.170 e. The van der Waals surface area contributed by atoms with E-state index in [1.54, 1.807) is 7.11 Å². The first-order chi connectivity index (χ1) is 14.5. The van der Waals surface area contributed by atoms with Crippen LogP contribution in [-0.2, 0) is 4.74 Å². The Morgan fingerprint density at radius 1 is 1.10 bits per heavy atom. The highest BCUT2D eigenvalue weighted by molar-refractivity contribution is 7.80. The van der Waals surface area contributed by atoms with Crippen molar-refractivity contribution in [2.24, 2.45) is 0 Å². The summed E-state index contributed by atoms with van der Waals surface area (Å²) in [6.07, 6.45) is 3.67. The van der Waals surface area contributed by atoms with Gasteiger partial charge in [0.25, 0.3) is 0 Å². The number of aromatic nitrogens is 3. The molecule has 30 heavy (non-hydrogen) atoms. The van der Waals surface area contributed by atoms with E-state index in [-0.39, 0.29) is 12.1 Å². The lowest BCUT2D eigenvalue weighted by atomic mass is 9.97. The fourth-order valence-electron chi connectivity index (χ4n) is 4.30. The fraction of sp³-hybridized carbons (Fsp3) is 0.348. The van der Waals surface area contributed by atoms with Crippen LogP contribution in [0, 0.1) is 20.8 Å². The van der Waals surface area contributed by atoms with Gasteiger partial charge in [-0.1, -0.05) is 12.1 Å². The van der Waals surface area contributed by atoms with Gasteiger partial charge in [-0.2, -0.15) is 0 Å². The van der Waals surface area contributed by atoms with Crippen molar-refractivity contribution in [1.29, 1.82) is 0 Å². The molecule has 1 saturated heterocycles. The summed E-state index contributed by atoms with van der Waals surface area (Å²) in [6, 6.07) is 12.3. The van der Waals surface area contributed by atoms with Crippen LogP contribution in [0.2, 0.25) is 0 Å². The average molecular weight is 422 g/mol. The molecule has 0 bridgehead atoms. The standard InChI is InChI=1S/C23H27N5OS/c1-15-8-7-11-25-22(15)28-16(2)14-18(17(28)3)21-20(19-9-5-6-10-24-19)26-23(30)27(21)12-13-29-4/h5-11,14,20-21H,12-13H2,1-4H3,(H,26,30)/t20-,21+/m0/s1. The molecule has 4 heterocycles.